The number of anilines is 1. The van der Waals surface area contributed by atoms with Crippen LogP contribution in [-0.4, -0.2) is 50.6 Å². The fourth-order valence-electron chi connectivity index (χ4n) is 2.21. The van der Waals surface area contributed by atoms with E-state index in [0.29, 0.717) is 6.42 Å². The number of thiazole rings is 1. The van der Waals surface area contributed by atoms with Crippen LogP contribution < -0.4 is 9.62 Å². The van der Waals surface area contributed by atoms with Gasteiger partial charge in [0.2, 0.25) is 10.0 Å². The smallest absolute Gasteiger partial charge is 0.271 e. The average Bonchev–Trinajstić information content (AvgIpc) is 3.28. The molecule has 3 rings (SSSR count). The van der Waals surface area contributed by atoms with Gasteiger partial charge in [0.05, 0.1) is 24.2 Å². The highest BCUT2D eigenvalue weighted by molar-refractivity contribution is 7.92. The van der Waals surface area contributed by atoms with Crippen LogP contribution in [0.25, 0.3) is 0 Å². The molecule has 0 fully saturated rings. The zero-order chi connectivity index (χ0) is 18.7. The first-order valence-electron chi connectivity index (χ1n) is 7.70. The van der Waals surface area contributed by atoms with E-state index in [4.69, 9.17) is 0 Å². The predicted octanol–water partition coefficient (Wildman–Crippen LogP) is 1.52. The SMILES string of the molecule is CN(c1nc(C(=O)NCC2=NN=C(c3ccccc3)C2)cs1)S(C)(=O)=O. The Kier molecular flexibility index (Phi) is 5.14. The molecule has 0 spiro atoms. The van der Waals surface area contributed by atoms with Crippen molar-refractivity contribution < 1.29 is 13.2 Å². The highest BCUT2D eigenvalue weighted by atomic mass is 32.2. The summed E-state index contributed by atoms with van der Waals surface area (Å²) in [7, 11) is -2.02. The Morgan fingerprint density at radius 3 is 2.69 bits per heavy atom. The van der Waals surface area contributed by atoms with Crippen molar-refractivity contribution in [1.29, 1.82) is 0 Å². The van der Waals surface area contributed by atoms with Gasteiger partial charge in [0.25, 0.3) is 5.91 Å². The standard InChI is InChI=1S/C16H17N5O3S2/c1-21(26(2,23)24)16-18-14(10-25-16)15(22)17-9-12-8-13(20-19-12)11-6-4-3-5-7-11/h3-7,10H,8-9H2,1-2H3,(H,17,22). The van der Waals surface area contributed by atoms with Gasteiger partial charge in [0, 0.05) is 18.8 Å². The van der Waals surface area contributed by atoms with Gasteiger partial charge in [-0.05, 0) is 5.56 Å². The minimum absolute atomic E-state index is 0.170. The van der Waals surface area contributed by atoms with E-state index in [1.54, 1.807) is 0 Å². The van der Waals surface area contributed by atoms with E-state index in [0.717, 1.165) is 38.9 Å². The average molecular weight is 391 g/mol. The maximum atomic E-state index is 12.2. The van der Waals surface area contributed by atoms with Gasteiger partial charge in [0.1, 0.15) is 5.69 Å². The van der Waals surface area contributed by atoms with Crippen LogP contribution in [0.4, 0.5) is 5.13 Å². The highest BCUT2D eigenvalue weighted by Crippen LogP contribution is 2.21. The monoisotopic (exact) mass is 391 g/mol. The van der Waals surface area contributed by atoms with Crippen molar-refractivity contribution in [1.82, 2.24) is 10.3 Å². The Morgan fingerprint density at radius 1 is 1.27 bits per heavy atom. The van der Waals surface area contributed by atoms with Gasteiger partial charge in [-0.1, -0.05) is 30.3 Å². The number of carbonyl (C=O) groups excluding carboxylic acids is 1. The van der Waals surface area contributed by atoms with Crippen molar-refractivity contribution in [2.75, 3.05) is 24.2 Å². The number of rotatable bonds is 6. The van der Waals surface area contributed by atoms with E-state index in [-0.39, 0.29) is 23.3 Å². The number of carbonyl (C=O) groups is 1. The van der Waals surface area contributed by atoms with Gasteiger partial charge in [0.15, 0.2) is 5.13 Å². The zero-order valence-electron chi connectivity index (χ0n) is 14.2. The molecular weight excluding hydrogens is 374 g/mol. The normalized spacial score (nSPS) is 13.9. The molecule has 0 unspecified atom stereocenters. The molecule has 1 N–H and O–H groups in total. The highest BCUT2D eigenvalue weighted by Gasteiger charge is 2.19. The number of benzene rings is 1. The van der Waals surface area contributed by atoms with Crippen LogP contribution in [0.15, 0.2) is 45.9 Å². The predicted molar refractivity (Wildman–Crippen MR) is 103 cm³/mol. The number of aromatic nitrogens is 1. The topological polar surface area (TPSA) is 104 Å². The van der Waals surface area contributed by atoms with Crippen LogP contribution in [0, 0.1) is 0 Å². The molecule has 1 amide bonds. The molecule has 1 aliphatic rings. The zero-order valence-corrected chi connectivity index (χ0v) is 15.8. The summed E-state index contributed by atoms with van der Waals surface area (Å²) < 4.78 is 24.1. The van der Waals surface area contributed by atoms with Crippen molar-refractivity contribution in [2.24, 2.45) is 10.2 Å². The lowest BCUT2D eigenvalue weighted by Crippen LogP contribution is -2.30. The summed E-state index contributed by atoms with van der Waals surface area (Å²) >= 11 is 1.09. The number of amides is 1. The number of hydrogen-bond acceptors (Lipinski definition) is 7. The Hall–Kier alpha value is -2.59. The third-order valence-corrected chi connectivity index (χ3v) is 5.94. The number of nitrogens with zero attached hydrogens (tertiary/aromatic N) is 4. The molecule has 0 bridgehead atoms. The van der Waals surface area contributed by atoms with E-state index in [9.17, 15) is 13.2 Å². The first-order valence-corrected chi connectivity index (χ1v) is 10.4. The molecule has 10 heteroatoms. The lowest BCUT2D eigenvalue weighted by atomic mass is 10.1. The van der Waals surface area contributed by atoms with Crippen LogP contribution in [0.5, 0.6) is 0 Å². The van der Waals surface area contributed by atoms with E-state index in [1.807, 2.05) is 30.3 Å². The lowest BCUT2D eigenvalue weighted by molar-refractivity contribution is 0.0955. The summed E-state index contributed by atoms with van der Waals surface area (Å²) in [5, 5.41) is 12.8. The second kappa shape index (κ2) is 7.34. The van der Waals surface area contributed by atoms with Gasteiger partial charge in [-0.3, -0.25) is 4.79 Å². The van der Waals surface area contributed by atoms with E-state index in [1.165, 1.54) is 12.4 Å². The van der Waals surface area contributed by atoms with Crippen LogP contribution >= 0.6 is 11.3 Å². The summed E-state index contributed by atoms with van der Waals surface area (Å²) in [5.74, 6) is -0.384. The first kappa shape index (κ1) is 18.2. The summed E-state index contributed by atoms with van der Waals surface area (Å²) in [5.41, 5.74) is 2.79. The van der Waals surface area contributed by atoms with Gasteiger partial charge < -0.3 is 5.32 Å². The molecule has 1 aromatic heterocycles. The number of nitrogens with one attached hydrogen (secondary N) is 1. The molecule has 0 saturated heterocycles. The number of hydrogen-bond donors (Lipinski definition) is 1. The molecule has 1 aliphatic heterocycles. The van der Waals surface area contributed by atoms with E-state index in [2.05, 4.69) is 20.5 Å². The van der Waals surface area contributed by atoms with Crippen molar-refractivity contribution in [3.63, 3.8) is 0 Å². The molecule has 2 heterocycles. The molecule has 0 radical (unpaired) electrons. The minimum atomic E-state index is -3.41. The van der Waals surface area contributed by atoms with Gasteiger partial charge in [-0.15, -0.1) is 11.3 Å². The third-order valence-electron chi connectivity index (χ3n) is 3.74. The lowest BCUT2D eigenvalue weighted by Gasteiger charge is -2.11. The van der Waals surface area contributed by atoms with Crippen molar-refractivity contribution in [3.8, 4) is 0 Å². The largest absolute Gasteiger partial charge is 0.345 e. The van der Waals surface area contributed by atoms with Crippen molar-refractivity contribution >= 4 is 43.8 Å². The second-order valence-corrected chi connectivity index (χ2v) is 8.53. The summed E-state index contributed by atoms with van der Waals surface area (Å²) in [6, 6.07) is 9.73. The Labute approximate surface area is 155 Å². The molecular formula is C16H17N5O3S2. The molecule has 0 aliphatic carbocycles. The van der Waals surface area contributed by atoms with Crippen LogP contribution in [0.3, 0.4) is 0 Å². The van der Waals surface area contributed by atoms with Gasteiger partial charge >= 0.3 is 0 Å². The maximum Gasteiger partial charge on any atom is 0.271 e. The quantitative estimate of drug-likeness (QED) is 0.806. The molecule has 1 aromatic carbocycles. The van der Waals surface area contributed by atoms with Crippen LogP contribution in [-0.2, 0) is 10.0 Å². The van der Waals surface area contributed by atoms with E-state index >= 15 is 0 Å². The molecule has 0 saturated carbocycles. The second-order valence-electron chi connectivity index (χ2n) is 5.68. The maximum absolute atomic E-state index is 12.2. The summed E-state index contributed by atoms with van der Waals surface area (Å²) in [4.78, 5) is 16.3. The Morgan fingerprint density at radius 2 is 2.00 bits per heavy atom. The van der Waals surface area contributed by atoms with E-state index < -0.39 is 10.0 Å². The third kappa shape index (κ3) is 4.14. The molecule has 136 valence electrons. The molecule has 0 atom stereocenters. The fraction of sp³-hybridized carbons (Fsp3) is 0.250. The van der Waals surface area contributed by atoms with Crippen molar-refractivity contribution in [2.45, 2.75) is 6.42 Å². The fourth-order valence-corrected chi connectivity index (χ4v) is 3.75. The minimum Gasteiger partial charge on any atom is -0.345 e. The molecule has 8 nitrogen and oxygen atoms in total. The Balaban J connectivity index is 1.55. The first-order chi connectivity index (χ1) is 12.3. The van der Waals surface area contributed by atoms with Crippen molar-refractivity contribution in [3.05, 3.63) is 47.0 Å². The Bertz CT molecular complexity index is 980. The van der Waals surface area contributed by atoms with Gasteiger partial charge in [-0.2, -0.15) is 10.2 Å². The number of sulfonamides is 1. The summed E-state index contributed by atoms with van der Waals surface area (Å²) in [6.45, 7) is 0.257. The van der Waals surface area contributed by atoms with Gasteiger partial charge in [-0.25, -0.2) is 17.7 Å². The molecule has 26 heavy (non-hydrogen) atoms. The van der Waals surface area contributed by atoms with Crippen LogP contribution in [0.1, 0.15) is 22.5 Å². The van der Waals surface area contributed by atoms with Crippen LogP contribution in [0.2, 0.25) is 0 Å². The summed E-state index contributed by atoms with van der Waals surface area (Å²) in [6.07, 6.45) is 1.65. The molecule has 2 aromatic rings.